The van der Waals surface area contributed by atoms with E-state index in [-0.39, 0.29) is 0 Å². The number of hydrogen-bond donors (Lipinski definition) is 1. The molecule has 5 heteroatoms. The zero-order valence-corrected chi connectivity index (χ0v) is 11.4. The predicted octanol–water partition coefficient (Wildman–Crippen LogP) is 3.39. The number of nitrogens with zero attached hydrogens (tertiary/aromatic N) is 2. The van der Waals surface area contributed by atoms with Gasteiger partial charge in [-0.25, -0.2) is 9.97 Å². The van der Waals surface area contributed by atoms with E-state index >= 15 is 0 Å². The van der Waals surface area contributed by atoms with Crippen LogP contribution >= 0.6 is 23.1 Å². The van der Waals surface area contributed by atoms with E-state index in [1.54, 1.807) is 17.7 Å². The van der Waals surface area contributed by atoms with E-state index in [0.29, 0.717) is 6.04 Å². The Hall–Kier alpha value is -0.810. The van der Waals surface area contributed by atoms with Gasteiger partial charge in [-0.15, -0.1) is 11.3 Å². The highest BCUT2D eigenvalue weighted by Crippen LogP contribution is 2.31. The van der Waals surface area contributed by atoms with E-state index < -0.39 is 0 Å². The number of hydrogen-bond acceptors (Lipinski definition) is 5. The zero-order valence-electron chi connectivity index (χ0n) is 9.72. The molecule has 0 amide bonds. The van der Waals surface area contributed by atoms with Crippen LogP contribution in [0.4, 0.5) is 5.82 Å². The molecule has 0 saturated heterocycles. The molecule has 0 bridgehead atoms. The van der Waals surface area contributed by atoms with E-state index in [0.717, 1.165) is 21.3 Å². The first-order chi connectivity index (χ1) is 8.36. The molecule has 1 aliphatic rings. The van der Waals surface area contributed by atoms with Crippen molar-refractivity contribution in [3.63, 3.8) is 0 Å². The minimum atomic E-state index is 0.574. The van der Waals surface area contributed by atoms with Crippen molar-refractivity contribution in [1.29, 1.82) is 0 Å². The van der Waals surface area contributed by atoms with Crippen molar-refractivity contribution in [3.05, 3.63) is 17.8 Å². The maximum atomic E-state index is 4.37. The fourth-order valence-electron chi connectivity index (χ4n) is 2.38. The minimum absolute atomic E-state index is 0.574. The van der Waals surface area contributed by atoms with Gasteiger partial charge in [0.2, 0.25) is 0 Å². The molecular weight excluding hydrogens is 250 g/mol. The van der Waals surface area contributed by atoms with E-state index in [1.807, 2.05) is 11.8 Å². The lowest BCUT2D eigenvalue weighted by Crippen LogP contribution is -2.17. The Labute approximate surface area is 109 Å². The Morgan fingerprint density at radius 2 is 2.35 bits per heavy atom. The van der Waals surface area contributed by atoms with Crippen LogP contribution in [-0.4, -0.2) is 27.5 Å². The van der Waals surface area contributed by atoms with Crippen LogP contribution in [0.1, 0.15) is 19.3 Å². The number of anilines is 1. The van der Waals surface area contributed by atoms with Gasteiger partial charge in [0, 0.05) is 11.3 Å². The number of rotatable bonds is 3. The van der Waals surface area contributed by atoms with Gasteiger partial charge >= 0.3 is 0 Å². The minimum Gasteiger partial charge on any atom is -0.367 e. The summed E-state index contributed by atoms with van der Waals surface area (Å²) in [6.45, 7) is 0. The standard InChI is InChI=1S/C12H15N3S2/c1-16-9-3-2-8(6-9)15-11-10-4-5-17-12(10)14-7-13-11/h4-5,7-9H,2-3,6H2,1H3,(H,13,14,15). The second-order valence-electron chi connectivity index (χ2n) is 4.37. The number of aromatic nitrogens is 2. The molecule has 0 spiro atoms. The maximum absolute atomic E-state index is 4.37. The van der Waals surface area contributed by atoms with Crippen molar-refractivity contribution in [3.8, 4) is 0 Å². The van der Waals surface area contributed by atoms with Gasteiger partial charge in [0.1, 0.15) is 17.0 Å². The van der Waals surface area contributed by atoms with Gasteiger partial charge in [-0.1, -0.05) is 0 Å². The molecule has 0 radical (unpaired) electrons. The zero-order chi connectivity index (χ0) is 11.7. The van der Waals surface area contributed by atoms with Gasteiger partial charge in [-0.2, -0.15) is 11.8 Å². The number of fused-ring (bicyclic) bond motifs is 1. The fourth-order valence-corrected chi connectivity index (χ4v) is 3.91. The predicted molar refractivity (Wildman–Crippen MR) is 76.0 cm³/mol. The summed E-state index contributed by atoms with van der Waals surface area (Å²) in [4.78, 5) is 9.71. The van der Waals surface area contributed by atoms with Crippen LogP contribution in [-0.2, 0) is 0 Å². The first-order valence-electron chi connectivity index (χ1n) is 5.84. The van der Waals surface area contributed by atoms with Crippen LogP contribution in [0.25, 0.3) is 10.2 Å². The maximum Gasteiger partial charge on any atom is 0.138 e. The van der Waals surface area contributed by atoms with Crippen LogP contribution in [0.15, 0.2) is 17.8 Å². The third-order valence-corrected chi connectivity index (χ3v) is 5.24. The van der Waals surface area contributed by atoms with Gasteiger partial charge < -0.3 is 5.32 Å². The average Bonchev–Trinajstić information content (AvgIpc) is 2.97. The van der Waals surface area contributed by atoms with Crippen molar-refractivity contribution < 1.29 is 0 Å². The van der Waals surface area contributed by atoms with Gasteiger partial charge in [-0.05, 0) is 37.0 Å². The molecule has 17 heavy (non-hydrogen) atoms. The van der Waals surface area contributed by atoms with Crippen molar-refractivity contribution in [2.45, 2.75) is 30.6 Å². The Kier molecular flexibility index (Phi) is 3.20. The largest absolute Gasteiger partial charge is 0.367 e. The van der Waals surface area contributed by atoms with Crippen molar-refractivity contribution in [2.24, 2.45) is 0 Å². The van der Waals surface area contributed by atoms with E-state index in [4.69, 9.17) is 0 Å². The third kappa shape index (κ3) is 2.26. The Morgan fingerprint density at radius 3 is 3.18 bits per heavy atom. The van der Waals surface area contributed by atoms with Crippen LogP contribution in [0.2, 0.25) is 0 Å². The normalized spacial score (nSPS) is 24.3. The Balaban J connectivity index is 1.79. The number of thiophene rings is 1. The quantitative estimate of drug-likeness (QED) is 0.923. The molecule has 0 aliphatic heterocycles. The highest BCUT2D eigenvalue weighted by Gasteiger charge is 2.24. The lowest BCUT2D eigenvalue weighted by atomic mass is 10.2. The lowest BCUT2D eigenvalue weighted by molar-refractivity contribution is 0.753. The van der Waals surface area contributed by atoms with E-state index in [1.165, 1.54) is 19.3 Å². The first-order valence-corrected chi connectivity index (χ1v) is 8.01. The second kappa shape index (κ2) is 4.82. The number of thioether (sulfide) groups is 1. The summed E-state index contributed by atoms with van der Waals surface area (Å²) >= 11 is 3.65. The molecule has 2 heterocycles. The fraction of sp³-hybridized carbons (Fsp3) is 0.500. The molecule has 2 unspecified atom stereocenters. The third-order valence-electron chi connectivity index (χ3n) is 3.32. The topological polar surface area (TPSA) is 37.8 Å². The van der Waals surface area contributed by atoms with Gasteiger partial charge in [0.25, 0.3) is 0 Å². The Bertz CT molecular complexity index is 511. The van der Waals surface area contributed by atoms with Crippen LogP contribution < -0.4 is 5.32 Å². The summed E-state index contributed by atoms with van der Waals surface area (Å²) < 4.78 is 0. The van der Waals surface area contributed by atoms with Gasteiger partial charge in [0.15, 0.2) is 0 Å². The molecule has 1 fully saturated rings. The molecule has 2 atom stereocenters. The summed E-state index contributed by atoms with van der Waals surface area (Å²) in [5.41, 5.74) is 0. The SMILES string of the molecule is CSC1CCC(Nc2ncnc3sccc23)C1. The van der Waals surface area contributed by atoms with E-state index in [9.17, 15) is 0 Å². The summed E-state index contributed by atoms with van der Waals surface area (Å²) in [5, 5.41) is 7.62. The summed E-state index contributed by atoms with van der Waals surface area (Å²) in [6, 6.07) is 2.68. The number of nitrogens with one attached hydrogen (secondary N) is 1. The molecule has 1 aliphatic carbocycles. The average molecular weight is 265 g/mol. The highest BCUT2D eigenvalue weighted by atomic mass is 32.2. The molecule has 2 aromatic rings. The molecule has 3 rings (SSSR count). The van der Waals surface area contributed by atoms with Crippen LogP contribution in [0.5, 0.6) is 0 Å². The second-order valence-corrected chi connectivity index (χ2v) is 6.41. The molecule has 0 aromatic carbocycles. The molecule has 2 aromatic heterocycles. The Morgan fingerprint density at radius 1 is 1.41 bits per heavy atom. The summed E-state index contributed by atoms with van der Waals surface area (Å²) in [6.07, 6.45) is 7.67. The summed E-state index contributed by atoms with van der Waals surface area (Å²) in [5.74, 6) is 1.00. The molecular formula is C12H15N3S2. The van der Waals surface area contributed by atoms with Crippen LogP contribution in [0.3, 0.4) is 0 Å². The smallest absolute Gasteiger partial charge is 0.138 e. The monoisotopic (exact) mass is 265 g/mol. The molecule has 90 valence electrons. The molecule has 1 saturated carbocycles. The van der Waals surface area contributed by atoms with Crippen molar-refractivity contribution in [2.75, 3.05) is 11.6 Å². The molecule has 1 N–H and O–H groups in total. The van der Waals surface area contributed by atoms with Crippen molar-refractivity contribution in [1.82, 2.24) is 9.97 Å². The van der Waals surface area contributed by atoms with Gasteiger partial charge in [-0.3, -0.25) is 0 Å². The highest BCUT2D eigenvalue weighted by molar-refractivity contribution is 7.99. The first kappa shape index (κ1) is 11.3. The van der Waals surface area contributed by atoms with Crippen LogP contribution in [0, 0.1) is 0 Å². The van der Waals surface area contributed by atoms with E-state index in [2.05, 4.69) is 33.0 Å². The lowest BCUT2D eigenvalue weighted by Gasteiger charge is -2.13. The van der Waals surface area contributed by atoms with Gasteiger partial charge in [0.05, 0.1) is 5.39 Å². The van der Waals surface area contributed by atoms with Crippen molar-refractivity contribution >= 4 is 39.1 Å². The summed E-state index contributed by atoms with van der Waals surface area (Å²) in [7, 11) is 0. The molecule has 3 nitrogen and oxygen atoms in total.